The predicted octanol–water partition coefficient (Wildman–Crippen LogP) is 3.07. The monoisotopic (exact) mass is 316 g/mol. The molecular weight excluding hydrogens is 300 g/mol. The van der Waals surface area contributed by atoms with Crippen LogP contribution in [-0.2, 0) is 17.8 Å². The molecule has 3 rings (SSSR count). The Morgan fingerprint density at radius 3 is 3.05 bits per heavy atom. The summed E-state index contributed by atoms with van der Waals surface area (Å²) in [6.07, 6.45) is 3.71. The van der Waals surface area contributed by atoms with Gasteiger partial charge in [-0.2, -0.15) is 0 Å². The number of fused-ring (bicyclic) bond motifs is 1. The number of carbonyl (C=O) groups excluding carboxylic acids is 1. The molecule has 0 unspecified atom stereocenters. The summed E-state index contributed by atoms with van der Waals surface area (Å²) in [4.78, 5) is 17.4. The van der Waals surface area contributed by atoms with Crippen molar-refractivity contribution in [3.63, 3.8) is 0 Å². The lowest BCUT2D eigenvalue weighted by Crippen LogP contribution is -2.24. The highest BCUT2D eigenvalue weighted by Crippen LogP contribution is 2.25. The number of benzene rings is 1. The number of nitrogens with one attached hydrogen (secondary N) is 1. The second-order valence-electron chi connectivity index (χ2n) is 4.94. The molecule has 1 N–H and O–H groups in total. The maximum Gasteiger partial charge on any atom is 0.224 e. The van der Waals surface area contributed by atoms with Crippen molar-refractivity contribution in [2.24, 2.45) is 0 Å². The van der Waals surface area contributed by atoms with Gasteiger partial charge in [0, 0.05) is 28.1 Å². The molecule has 0 atom stereocenters. The van der Waals surface area contributed by atoms with Gasteiger partial charge in [0.1, 0.15) is 16.3 Å². The summed E-state index contributed by atoms with van der Waals surface area (Å²) in [6, 6.07) is 5.58. The van der Waals surface area contributed by atoms with Gasteiger partial charge >= 0.3 is 0 Å². The molecular formula is C16H16N2O3S. The number of hydrogen-bond donors (Lipinski definition) is 1. The first kappa shape index (κ1) is 14.6. The van der Waals surface area contributed by atoms with Gasteiger partial charge in [0.25, 0.3) is 0 Å². The molecule has 0 aliphatic rings. The SMILES string of the molecule is COc1ccc2c(CC(=O)NCc3ncc(C)s3)coc2c1. The molecule has 0 aliphatic heterocycles. The van der Waals surface area contributed by atoms with Crippen LogP contribution in [0.1, 0.15) is 15.4 Å². The highest BCUT2D eigenvalue weighted by atomic mass is 32.1. The number of aryl methyl sites for hydroxylation is 1. The van der Waals surface area contributed by atoms with Crippen LogP contribution in [0.2, 0.25) is 0 Å². The molecule has 0 spiro atoms. The second-order valence-corrected chi connectivity index (χ2v) is 6.26. The number of aromatic nitrogens is 1. The minimum atomic E-state index is -0.0497. The lowest BCUT2D eigenvalue weighted by Gasteiger charge is -2.02. The van der Waals surface area contributed by atoms with Crippen molar-refractivity contribution >= 4 is 28.2 Å². The molecule has 0 aliphatic carbocycles. The minimum Gasteiger partial charge on any atom is -0.497 e. The van der Waals surface area contributed by atoms with Gasteiger partial charge in [-0.15, -0.1) is 11.3 Å². The molecule has 6 heteroatoms. The van der Waals surface area contributed by atoms with Crippen LogP contribution in [0.4, 0.5) is 0 Å². The van der Waals surface area contributed by atoms with E-state index in [1.54, 1.807) is 24.7 Å². The van der Waals surface area contributed by atoms with Crippen LogP contribution in [0, 0.1) is 6.92 Å². The van der Waals surface area contributed by atoms with Crippen molar-refractivity contribution in [2.45, 2.75) is 19.9 Å². The number of methoxy groups -OCH3 is 1. The standard InChI is InChI=1S/C16H16N2O3S/c1-10-7-18-16(22-10)8-17-15(19)5-11-9-21-14-6-12(20-2)3-4-13(11)14/h3-4,6-7,9H,5,8H2,1-2H3,(H,17,19). The Labute approximate surface area is 131 Å². The number of carbonyl (C=O) groups is 1. The van der Waals surface area contributed by atoms with Crippen LogP contribution in [0.5, 0.6) is 5.75 Å². The van der Waals surface area contributed by atoms with Crippen molar-refractivity contribution in [2.75, 3.05) is 7.11 Å². The molecule has 2 heterocycles. The number of ether oxygens (including phenoxy) is 1. The van der Waals surface area contributed by atoms with Gasteiger partial charge in [-0.25, -0.2) is 4.98 Å². The Kier molecular flexibility index (Phi) is 4.11. The molecule has 1 amide bonds. The number of hydrogen-bond acceptors (Lipinski definition) is 5. The maximum atomic E-state index is 12.1. The van der Waals surface area contributed by atoms with E-state index in [-0.39, 0.29) is 12.3 Å². The average Bonchev–Trinajstić information content (AvgIpc) is 3.11. The number of thiazole rings is 1. The lowest BCUT2D eigenvalue weighted by atomic mass is 10.1. The molecule has 1 aromatic carbocycles. The van der Waals surface area contributed by atoms with Crippen molar-refractivity contribution in [3.8, 4) is 5.75 Å². The number of nitrogens with zero attached hydrogens (tertiary/aromatic N) is 1. The maximum absolute atomic E-state index is 12.1. The van der Waals surface area contributed by atoms with Gasteiger partial charge in [0.05, 0.1) is 26.3 Å². The molecule has 2 aromatic heterocycles. The highest BCUT2D eigenvalue weighted by molar-refractivity contribution is 7.11. The molecule has 3 aromatic rings. The Morgan fingerprint density at radius 2 is 2.32 bits per heavy atom. The molecule has 0 saturated heterocycles. The Balaban J connectivity index is 1.66. The van der Waals surface area contributed by atoms with Gasteiger partial charge in [-0.05, 0) is 19.1 Å². The van der Waals surface area contributed by atoms with Crippen molar-refractivity contribution in [3.05, 3.63) is 46.1 Å². The van der Waals surface area contributed by atoms with Crippen LogP contribution < -0.4 is 10.1 Å². The van der Waals surface area contributed by atoms with E-state index in [1.807, 2.05) is 31.3 Å². The van der Waals surface area contributed by atoms with E-state index in [4.69, 9.17) is 9.15 Å². The Morgan fingerprint density at radius 1 is 1.45 bits per heavy atom. The fourth-order valence-corrected chi connectivity index (χ4v) is 2.95. The first-order valence-electron chi connectivity index (χ1n) is 6.88. The molecule has 0 fully saturated rings. The first-order valence-corrected chi connectivity index (χ1v) is 7.69. The summed E-state index contributed by atoms with van der Waals surface area (Å²) in [5, 5.41) is 4.72. The van der Waals surface area contributed by atoms with Crippen LogP contribution in [0.15, 0.2) is 35.1 Å². The largest absolute Gasteiger partial charge is 0.497 e. The summed E-state index contributed by atoms with van der Waals surface area (Å²) < 4.78 is 10.6. The van der Waals surface area contributed by atoms with Crippen molar-refractivity contribution < 1.29 is 13.9 Å². The van der Waals surface area contributed by atoms with Gasteiger partial charge in [-0.3, -0.25) is 4.79 Å². The zero-order chi connectivity index (χ0) is 15.5. The van der Waals surface area contributed by atoms with Crippen molar-refractivity contribution in [1.82, 2.24) is 10.3 Å². The number of amides is 1. The third-order valence-electron chi connectivity index (χ3n) is 3.32. The fraction of sp³-hybridized carbons (Fsp3) is 0.250. The second kappa shape index (κ2) is 6.19. The molecule has 114 valence electrons. The van der Waals surface area contributed by atoms with Crippen LogP contribution in [0.3, 0.4) is 0 Å². The number of rotatable bonds is 5. The molecule has 22 heavy (non-hydrogen) atoms. The van der Waals surface area contributed by atoms with E-state index < -0.39 is 0 Å². The Hall–Kier alpha value is -2.34. The smallest absolute Gasteiger partial charge is 0.224 e. The van der Waals surface area contributed by atoms with E-state index in [0.717, 1.165) is 32.2 Å². The first-order chi connectivity index (χ1) is 10.7. The van der Waals surface area contributed by atoms with E-state index in [1.165, 1.54) is 0 Å². The zero-order valence-corrected chi connectivity index (χ0v) is 13.2. The summed E-state index contributed by atoms with van der Waals surface area (Å²) >= 11 is 1.59. The fourth-order valence-electron chi connectivity index (χ4n) is 2.22. The number of furan rings is 1. The normalized spacial score (nSPS) is 10.8. The van der Waals surface area contributed by atoms with Crippen LogP contribution >= 0.6 is 11.3 Å². The summed E-state index contributed by atoms with van der Waals surface area (Å²) in [6.45, 7) is 2.45. The van der Waals surface area contributed by atoms with E-state index in [2.05, 4.69) is 10.3 Å². The average molecular weight is 316 g/mol. The molecule has 0 saturated carbocycles. The third kappa shape index (κ3) is 3.12. The van der Waals surface area contributed by atoms with Crippen LogP contribution in [-0.4, -0.2) is 18.0 Å². The molecule has 0 radical (unpaired) electrons. The minimum absolute atomic E-state index is 0.0497. The van der Waals surface area contributed by atoms with Gasteiger partial charge < -0.3 is 14.5 Å². The molecule has 5 nitrogen and oxygen atoms in total. The van der Waals surface area contributed by atoms with E-state index in [9.17, 15) is 4.79 Å². The quantitative estimate of drug-likeness (QED) is 0.785. The summed E-state index contributed by atoms with van der Waals surface area (Å²) in [7, 11) is 1.61. The van der Waals surface area contributed by atoms with E-state index in [0.29, 0.717) is 6.54 Å². The highest BCUT2D eigenvalue weighted by Gasteiger charge is 2.11. The Bertz CT molecular complexity index is 807. The van der Waals surface area contributed by atoms with Crippen LogP contribution in [0.25, 0.3) is 11.0 Å². The molecule has 0 bridgehead atoms. The zero-order valence-electron chi connectivity index (χ0n) is 12.4. The summed E-state index contributed by atoms with van der Waals surface area (Å²) in [5.74, 6) is 0.684. The van der Waals surface area contributed by atoms with E-state index >= 15 is 0 Å². The van der Waals surface area contributed by atoms with Gasteiger partial charge in [0.2, 0.25) is 5.91 Å². The third-order valence-corrected chi connectivity index (χ3v) is 4.23. The topological polar surface area (TPSA) is 64.4 Å². The van der Waals surface area contributed by atoms with Crippen molar-refractivity contribution in [1.29, 1.82) is 0 Å². The van der Waals surface area contributed by atoms with Gasteiger partial charge in [0.15, 0.2) is 0 Å². The van der Waals surface area contributed by atoms with Gasteiger partial charge in [-0.1, -0.05) is 0 Å². The predicted molar refractivity (Wildman–Crippen MR) is 85.2 cm³/mol. The summed E-state index contributed by atoms with van der Waals surface area (Å²) in [5.41, 5.74) is 1.59. The lowest BCUT2D eigenvalue weighted by molar-refractivity contribution is -0.120.